The van der Waals surface area contributed by atoms with E-state index in [1.807, 2.05) is 0 Å². The van der Waals surface area contributed by atoms with Crippen LogP contribution in [-0.2, 0) is 38.1 Å². The molecule has 4 N–H and O–H groups in total. The Bertz CT molecular complexity index is 1340. The number of aliphatic hydroxyl groups excluding tert-OH is 4. The molecule has 2 aliphatic heterocycles. The molecule has 0 aromatic heterocycles. The third kappa shape index (κ3) is 16.9. The van der Waals surface area contributed by atoms with Crippen LogP contribution in [0.2, 0.25) is 0 Å². The Morgan fingerprint density at radius 3 is 1.30 bits per heavy atom. The van der Waals surface area contributed by atoms with E-state index in [0.717, 1.165) is 24.0 Å². The zero-order valence-electron chi connectivity index (χ0n) is 30.5. The number of halogens is 6. The molecule has 12 nitrogen and oxygen atoms in total. The van der Waals surface area contributed by atoms with Crippen molar-refractivity contribution in [1.29, 1.82) is 0 Å². The SMILES string of the molecule is C=C(OS(=O)(=O)C(F)(F)F)C(C)C[C@H](O)CCC1O[C@@H](CCCO)CC1=C.C=C(OS(=O)(=O)C(F)(F)F)[C@H](C)C[C@H](O)CC[C@@H]1O[C@@H](CCCO)CC1=C. The first kappa shape index (κ1) is 49.8. The zero-order chi connectivity index (χ0) is 41.7. The molecule has 0 amide bonds. The van der Waals surface area contributed by atoms with E-state index < -0.39 is 66.8 Å². The molecule has 0 radical (unpaired) electrons. The second-order valence-corrected chi connectivity index (χ2v) is 16.7. The predicted octanol–water partition coefficient (Wildman–Crippen LogP) is 6.04. The lowest BCUT2D eigenvalue weighted by molar-refractivity contribution is -0.0532. The van der Waals surface area contributed by atoms with Crippen molar-refractivity contribution in [1.82, 2.24) is 0 Å². The Labute approximate surface area is 313 Å². The minimum atomic E-state index is -5.75. The highest BCUT2D eigenvalue weighted by molar-refractivity contribution is 7.88. The molecule has 0 saturated carbocycles. The quantitative estimate of drug-likeness (QED) is 0.0327. The first-order valence-corrected chi connectivity index (χ1v) is 20.2. The third-order valence-corrected chi connectivity index (χ3v) is 10.8. The van der Waals surface area contributed by atoms with Gasteiger partial charge < -0.3 is 38.3 Å². The highest BCUT2D eigenvalue weighted by Gasteiger charge is 2.50. The molecule has 20 heteroatoms. The third-order valence-electron chi connectivity index (χ3n) is 8.85. The van der Waals surface area contributed by atoms with Crippen LogP contribution in [0.15, 0.2) is 49.0 Å². The summed E-state index contributed by atoms with van der Waals surface area (Å²) in [4.78, 5) is 0. The molecule has 316 valence electrons. The van der Waals surface area contributed by atoms with Crippen molar-refractivity contribution in [2.45, 2.75) is 139 Å². The largest absolute Gasteiger partial charge is 0.534 e. The molecule has 0 aliphatic carbocycles. The second kappa shape index (κ2) is 21.9. The molecule has 2 saturated heterocycles. The zero-order valence-corrected chi connectivity index (χ0v) is 32.1. The second-order valence-electron chi connectivity index (χ2n) is 13.6. The van der Waals surface area contributed by atoms with Crippen LogP contribution in [0.5, 0.6) is 0 Å². The van der Waals surface area contributed by atoms with Gasteiger partial charge in [0.25, 0.3) is 0 Å². The summed E-state index contributed by atoms with van der Waals surface area (Å²) in [5, 5.41) is 37.9. The molecule has 2 unspecified atom stereocenters. The van der Waals surface area contributed by atoms with Crippen LogP contribution in [0.1, 0.15) is 90.9 Å². The van der Waals surface area contributed by atoms with E-state index in [0.29, 0.717) is 51.4 Å². The summed E-state index contributed by atoms with van der Waals surface area (Å²) in [7, 11) is -11.5. The normalized spacial score (nSPS) is 23.3. The molecule has 2 fully saturated rings. The van der Waals surface area contributed by atoms with Crippen LogP contribution in [0.3, 0.4) is 0 Å². The van der Waals surface area contributed by atoms with Gasteiger partial charge in [0.1, 0.15) is 11.5 Å². The van der Waals surface area contributed by atoms with Crippen molar-refractivity contribution in [2.24, 2.45) is 11.8 Å². The molecule has 0 bridgehead atoms. The fourth-order valence-corrected chi connectivity index (χ4v) is 6.75. The average molecular weight is 833 g/mol. The van der Waals surface area contributed by atoms with Crippen LogP contribution in [0.25, 0.3) is 0 Å². The number of allylic oxidation sites excluding steroid dienone is 2. The molecular weight excluding hydrogens is 778 g/mol. The predicted molar refractivity (Wildman–Crippen MR) is 186 cm³/mol. The van der Waals surface area contributed by atoms with Crippen molar-refractivity contribution in [3.8, 4) is 0 Å². The lowest BCUT2D eigenvalue weighted by atomic mass is 9.96. The summed E-state index contributed by atoms with van der Waals surface area (Å²) in [6.07, 6.45) is 3.43. The van der Waals surface area contributed by atoms with Crippen LogP contribution in [0.4, 0.5) is 26.3 Å². The Morgan fingerprint density at radius 2 is 1.02 bits per heavy atom. The molecule has 2 aliphatic rings. The molecule has 0 aromatic rings. The molecule has 0 aromatic carbocycles. The van der Waals surface area contributed by atoms with Crippen LogP contribution in [-0.4, -0.2) is 98.1 Å². The summed E-state index contributed by atoms with van der Waals surface area (Å²) < 4.78 is 137. The van der Waals surface area contributed by atoms with E-state index in [1.165, 1.54) is 13.8 Å². The van der Waals surface area contributed by atoms with Gasteiger partial charge in [-0.05, 0) is 88.2 Å². The van der Waals surface area contributed by atoms with Gasteiger partial charge in [-0.25, -0.2) is 0 Å². The van der Waals surface area contributed by atoms with Crippen LogP contribution in [0, 0.1) is 11.8 Å². The fraction of sp³-hybridized carbons (Fsp3) is 0.765. The van der Waals surface area contributed by atoms with Crippen molar-refractivity contribution in [3.05, 3.63) is 49.0 Å². The monoisotopic (exact) mass is 832 g/mol. The van der Waals surface area contributed by atoms with Gasteiger partial charge in [0.2, 0.25) is 0 Å². The molecule has 2 heterocycles. The standard InChI is InChI=1S/2C17H27F3O6S/c2*1-11(13(3)26-27(23,24)17(18,19)20)9-14(22)6-7-16-12(2)10-15(25-16)5-4-8-21/h2*11,14-16,21-22H,2-10H2,1H3/t11?,14-,15+,16?;11-,14-,15+,16+/m11/s1. The number of alkyl halides is 6. The van der Waals surface area contributed by atoms with Crippen molar-refractivity contribution < 1.29 is 81.4 Å². The fourth-order valence-electron chi connectivity index (χ4n) is 5.67. The number of ether oxygens (including phenoxy) is 2. The van der Waals surface area contributed by atoms with Gasteiger partial charge in [-0.15, -0.1) is 0 Å². The summed E-state index contributed by atoms with van der Waals surface area (Å²) in [6.45, 7) is 17.4. The molecule has 0 spiro atoms. The highest BCUT2D eigenvalue weighted by atomic mass is 32.2. The maximum absolute atomic E-state index is 12.3. The number of aliphatic hydroxyl groups is 4. The van der Waals surface area contributed by atoms with Crippen molar-refractivity contribution >= 4 is 20.2 Å². The van der Waals surface area contributed by atoms with Crippen molar-refractivity contribution in [2.75, 3.05) is 13.2 Å². The Kier molecular flexibility index (Phi) is 20.2. The number of hydrogen-bond acceptors (Lipinski definition) is 12. The molecular formula is C34H54F6O12S2. The summed E-state index contributed by atoms with van der Waals surface area (Å²) >= 11 is 0. The summed E-state index contributed by atoms with van der Waals surface area (Å²) in [6, 6.07) is 0. The highest BCUT2D eigenvalue weighted by Crippen LogP contribution is 2.34. The number of hydrogen-bond donors (Lipinski definition) is 4. The maximum Gasteiger partial charge on any atom is 0.534 e. The average Bonchev–Trinajstić information content (AvgIpc) is 3.59. The van der Waals surface area contributed by atoms with Gasteiger partial charge in [0.15, 0.2) is 0 Å². The molecule has 2 rings (SSSR count). The summed E-state index contributed by atoms with van der Waals surface area (Å²) in [5.41, 5.74) is -9.24. The van der Waals surface area contributed by atoms with Gasteiger partial charge in [-0.2, -0.15) is 43.2 Å². The molecule has 54 heavy (non-hydrogen) atoms. The van der Waals surface area contributed by atoms with E-state index in [2.05, 4.69) is 34.7 Å². The van der Waals surface area contributed by atoms with Gasteiger partial charge >= 0.3 is 31.3 Å². The van der Waals surface area contributed by atoms with E-state index in [-0.39, 0.29) is 50.5 Å². The van der Waals surface area contributed by atoms with Crippen molar-refractivity contribution in [3.63, 3.8) is 0 Å². The van der Waals surface area contributed by atoms with Gasteiger partial charge in [-0.3, -0.25) is 0 Å². The topological polar surface area (TPSA) is 186 Å². The molecule has 8 atom stereocenters. The van der Waals surface area contributed by atoms with Gasteiger partial charge in [-0.1, -0.05) is 40.2 Å². The van der Waals surface area contributed by atoms with Crippen LogP contribution < -0.4 is 0 Å². The minimum absolute atomic E-state index is 0.000647. The van der Waals surface area contributed by atoms with Gasteiger partial charge in [0.05, 0.1) is 36.6 Å². The summed E-state index contributed by atoms with van der Waals surface area (Å²) in [5.74, 6) is -2.72. The van der Waals surface area contributed by atoms with E-state index in [4.69, 9.17) is 19.7 Å². The first-order valence-electron chi connectivity index (χ1n) is 17.4. The Hall–Kier alpha value is -2.20. The van der Waals surface area contributed by atoms with Gasteiger partial charge in [0, 0.05) is 25.0 Å². The maximum atomic E-state index is 12.3. The Morgan fingerprint density at radius 1 is 0.704 bits per heavy atom. The smallest absolute Gasteiger partial charge is 0.396 e. The first-order chi connectivity index (χ1) is 24.7. The lowest BCUT2D eigenvalue weighted by Gasteiger charge is -2.20. The van der Waals surface area contributed by atoms with E-state index in [9.17, 15) is 53.4 Å². The van der Waals surface area contributed by atoms with E-state index >= 15 is 0 Å². The Balaban J connectivity index is 0.000000540. The lowest BCUT2D eigenvalue weighted by Crippen LogP contribution is -2.27. The van der Waals surface area contributed by atoms with Crippen LogP contribution >= 0.6 is 0 Å². The number of rotatable bonds is 22. The minimum Gasteiger partial charge on any atom is -0.396 e. The van der Waals surface area contributed by atoms with E-state index in [1.54, 1.807) is 0 Å².